The van der Waals surface area contributed by atoms with E-state index in [0.29, 0.717) is 18.8 Å². The van der Waals surface area contributed by atoms with Gasteiger partial charge in [-0.1, -0.05) is 31.5 Å². The molecule has 0 atom stereocenters. The summed E-state index contributed by atoms with van der Waals surface area (Å²) in [6, 6.07) is 12.4. The minimum atomic E-state index is -3.69. The number of hydrogen-bond acceptors (Lipinski definition) is 5. The van der Waals surface area contributed by atoms with Gasteiger partial charge < -0.3 is 5.32 Å². The van der Waals surface area contributed by atoms with Gasteiger partial charge in [0.1, 0.15) is 0 Å². The molecular weight excluding hydrogens is 450 g/mol. The maximum atomic E-state index is 12.8. The van der Waals surface area contributed by atoms with Crippen LogP contribution in [-0.2, 0) is 24.8 Å². The van der Waals surface area contributed by atoms with Gasteiger partial charge in [0, 0.05) is 31.7 Å². The molecule has 0 unspecified atom stereocenters. The van der Waals surface area contributed by atoms with Crippen LogP contribution in [0.3, 0.4) is 0 Å². The summed E-state index contributed by atoms with van der Waals surface area (Å²) in [5.74, 6) is -0.384. The standard InChI is InChI=1S/C22H31N3O5S2/c1-4-16-25(17-5-2)32(29,30)21-12-8-19(9-13-21)24-22(26)14-15-23-31(27,28)20-10-6-18(3)7-11-20/h6-13,23H,4-5,14-17H2,1-3H3,(H,24,26). The van der Waals surface area contributed by atoms with Crippen molar-refractivity contribution in [2.75, 3.05) is 25.0 Å². The molecule has 0 aromatic heterocycles. The number of hydrogen-bond donors (Lipinski definition) is 2. The van der Waals surface area contributed by atoms with Crippen molar-refractivity contribution in [2.24, 2.45) is 0 Å². The van der Waals surface area contributed by atoms with Gasteiger partial charge in [0.25, 0.3) is 0 Å². The third-order valence-corrected chi connectivity index (χ3v) is 8.09. The number of nitrogens with zero attached hydrogens (tertiary/aromatic N) is 1. The topological polar surface area (TPSA) is 113 Å². The molecule has 0 saturated heterocycles. The first kappa shape index (κ1) is 26.0. The molecule has 0 aliphatic carbocycles. The fourth-order valence-electron chi connectivity index (χ4n) is 3.03. The molecule has 0 saturated carbocycles. The Balaban J connectivity index is 1.93. The van der Waals surface area contributed by atoms with Crippen LogP contribution in [0, 0.1) is 6.92 Å². The van der Waals surface area contributed by atoms with Crippen LogP contribution in [0.4, 0.5) is 5.69 Å². The van der Waals surface area contributed by atoms with E-state index in [2.05, 4.69) is 10.0 Å². The van der Waals surface area contributed by atoms with Crippen molar-refractivity contribution in [1.29, 1.82) is 0 Å². The lowest BCUT2D eigenvalue weighted by molar-refractivity contribution is -0.116. The van der Waals surface area contributed by atoms with Gasteiger partial charge in [-0.05, 0) is 56.2 Å². The van der Waals surface area contributed by atoms with Crippen LogP contribution in [0.5, 0.6) is 0 Å². The van der Waals surface area contributed by atoms with Crippen LogP contribution in [0.25, 0.3) is 0 Å². The highest BCUT2D eigenvalue weighted by molar-refractivity contribution is 7.89. The Labute approximate surface area is 191 Å². The van der Waals surface area contributed by atoms with Gasteiger partial charge in [0.05, 0.1) is 9.79 Å². The molecule has 0 aliphatic rings. The highest BCUT2D eigenvalue weighted by Crippen LogP contribution is 2.19. The summed E-state index contributed by atoms with van der Waals surface area (Å²) >= 11 is 0. The molecule has 10 heteroatoms. The molecule has 32 heavy (non-hydrogen) atoms. The monoisotopic (exact) mass is 481 g/mol. The van der Waals surface area contributed by atoms with Gasteiger partial charge in [0.2, 0.25) is 26.0 Å². The van der Waals surface area contributed by atoms with Crippen LogP contribution >= 0.6 is 0 Å². The van der Waals surface area contributed by atoms with Crippen molar-refractivity contribution in [1.82, 2.24) is 9.03 Å². The van der Waals surface area contributed by atoms with E-state index < -0.39 is 20.0 Å². The van der Waals surface area contributed by atoms with E-state index >= 15 is 0 Å². The molecule has 2 N–H and O–H groups in total. The minimum Gasteiger partial charge on any atom is -0.326 e. The molecule has 0 aliphatic heterocycles. The quantitative estimate of drug-likeness (QED) is 0.484. The third kappa shape index (κ3) is 7.13. The summed E-state index contributed by atoms with van der Waals surface area (Å²) in [6.07, 6.45) is 1.38. The zero-order chi connectivity index (χ0) is 23.8. The van der Waals surface area contributed by atoms with Crippen molar-refractivity contribution in [3.63, 3.8) is 0 Å². The summed E-state index contributed by atoms with van der Waals surface area (Å²) < 4.78 is 54.0. The maximum Gasteiger partial charge on any atom is 0.243 e. The fourth-order valence-corrected chi connectivity index (χ4v) is 5.69. The van der Waals surface area contributed by atoms with Crippen LogP contribution in [0.1, 0.15) is 38.7 Å². The normalized spacial score (nSPS) is 12.1. The van der Waals surface area contributed by atoms with Gasteiger partial charge in [-0.15, -0.1) is 0 Å². The summed E-state index contributed by atoms with van der Waals surface area (Å²) in [4.78, 5) is 12.5. The number of carbonyl (C=O) groups excluding carboxylic acids is 1. The van der Waals surface area contributed by atoms with Gasteiger partial charge in [0.15, 0.2) is 0 Å². The van der Waals surface area contributed by atoms with Crippen molar-refractivity contribution >= 4 is 31.6 Å². The van der Waals surface area contributed by atoms with E-state index in [1.807, 2.05) is 20.8 Å². The first-order valence-electron chi connectivity index (χ1n) is 10.6. The van der Waals surface area contributed by atoms with E-state index in [4.69, 9.17) is 0 Å². The molecule has 2 aromatic rings. The van der Waals surface area contributed by atoms with Gasteiger partial charge >= 0.3 is 0 Å². The van der Waals surface area contributed by atoms with Gasteiger partial charge in [-0.25, -0.2) is 21.6 Å². The van der Waals surface area contributed by atoms with Crippen LogP contribution in [0.15, 0.2) is 58.3 Å². The van der Waals surface area contributed by atoms with E-state index in [-0.39, 0.29) is 28.7 Å². The number of anilines is 1. The summed E-state index contributed by atoms with van der Waals surface area (Å²) in [5.41, 5.74) is 1.39. The number of nitrogens with one attached hydrogen (secondary N) is 2. The lowest BCUT2D eigenvalue weighted by atomic mass is 10.2. The Morgan fingerprint density at radius 2 is 1.38 bits per heavy atom. The van der Waals surface area contributed by atoms with Crippen LogP contribution in [-0.4, -0.2) is 46.7 Å². The predicted octanol–water partition coefficient (Wildman–Crippen LogP) is 3.11. The van der Waals surface area contributed by atoms with Crippen molar-refractivity contribution in [3.05, 3.63) is 54.1 Å². The second-order valence-corrected chi connectivity index (χ2v) is 11.1. The summed E-state index contributed by atoms with van der Waals surface area (Å²) in [6.45, 7) is 6.57. The van der Waals surface area contributed by atoms with Gasteiger partial charge in [-0.3, -0.25) is 4.79 Å². The molecule has 2 aromatic carbocycles. The number of rotatable bonds is 12. The first-order chi connectivity index (χ1) is 15.1. The number of sulfonamides is 2. The lowest BCUT2D eigenvalue weighted by Gasteiger charge is -2.21. The largest absolute Gasteiger partial charge is 0.326 e. The molecule has 0 radical (unpaired) electrons. The second kappa shape index (κ2) is 11.6. The molecular formula is C22H31N3O5S2. The van der Waals surface area contributed by atoms with Crippen molar-refractivity contribution < 1.29 is 21.6 Å². The Morgan fingerprint density at radius 3 is 1.91 bits per heavy atom. The SMILES string of the molecule is CCCN(CCC)S(=O)(=O)c1ccc(NC(=O)CCNS(=O)(=O)c2ccc(C)cc2)cc1. The summed E-state index contributed by atoms with van der Waals surface area (Å²) in [5, 5.41) is 2.65. The van der Waals surface area contributed by atoms with E-state index in [0.717, 1.165) is 18.4 Å². The molecule has 0 fully saturated rings. The molecule has 176 valence electrons. The predicted molar refractivity (Wildman–Crippen MR) is 125 cm³/mol. The Bertz CT molecular complexity index is 1090. The van der Waals surface area contributed by atoms with Crippen molar-refractivity contribution in [2.45, 2.75) is 49.8 Å². The van der Waals surface area contributed by atoms with E-state index in [1.54, 1.807) is 12.1 Å². The highest BCUT2D eigenvalue weighted by atomic mass is 32.2. The Hall–Kier alpha value is -2.27. The Kier molecular flexibility index (Phi) is 9.38. The summed E-state index contributed by atoms with van der Waals surface area (Å²) in [7, 11) is -7.27. The number of benzene rings is 2. The van der Waals surface area contributed by atoms with Crippen molar-refractivity contribution in [3.8, 4) is 0 Å². The molecule has 2 rings (SSSR count). The maximum absolute atomic E-state index is 12.8. The molecule has 8 nitrogen and oxygen atoms in total. The second-order valence-electron chi connectivity index (χ2n) is 7.44. The Morgan fingerprint density at radius 1 is 0.844 bits per heavy atom. The third-order valence-electron chi connectivity index (χ3n) is 4.70. The first-order valence-corrected chi connectivity index (χ1v) is 13.5. The zero-order valence-corrected chi connectivity index (χ0v) is 20.3. The smallest absolute Gasteiger partial charge is 0.243 e. The number of amides is 1. The fraction of sp³-hybridized carbons (Fsp3) is 0.409. The number of aryl methyl sites for hydroxylation is 1. The highest BCUT2D eigenvalue weighted by Gasteiger charge is 2.23. The van der Waals surface area contributed by atoms with E-state index in [1.165, 1.54) is 40.7 Å². The minimum absolute atomic E-state index is 0.0580. The number of carbonyl (C=O) groups is 1. The molecule has 1 amide bonds. The molecule has 0 heterocycles. The molecule has 0 spiro atoms. The van der Waals surface area contributed by atoms with Crippen LogP contribution < -0.4 is 10.0 Å². The zero-order valence-electron chi connectivity index (χ0n) is 18.7. The average molecular weight is 482 g/mol. The van der Waals surface area contributed by atoms with Gasteiger partial charge in [-0.2, -0.15) is 4.31 Å². The van der Waals surface area contributed by atoms with Crippen LogP contribution in [0.2, 0.25) is 0 Å². The molecule has 0 bridgehead atoms. The van der Waals surface area contributed by atoms with E-state index in [9.17, 15) is 21.6 Å². The lowest BCUT2D eigenvalue weighted by Crippen LogP contribution is -2.32. The average Bonchev–Trinajstić information content (AvgIpc) is 2.74.